The molecule has 0 heterocycles. The lowest BCUT2D eigenvalue weighted by Crippen LogP contribution is -2.20. The predicted molar refractivity (Wildman–Crippen MR) is 67.7 cm³/mol. The molecule has 0 spiro atoms. The largest absolute Gasteiger partial charge is 0.494 e. The summed E-state index contributed by atoms with van der Waals surface area (Å²) in [5, 5.41) is 8.49. The highest BCUT2D eigenvalue weighted by atomic mass is 16.5. The second-order valence-electron chi connectivity index (χ2n) is 3.99. The smallest absolute Gasteiger partial charge is 0.329 e. The van der Waals surface area contributed by atoms with Crippen LogP contribution in [-0.4, -0.2) is 30.9 Å². The van der Waals surface area contributed by atoms with E-state index in [2.05, 4.69) is 0 Å². The molecule has 18 heavy (non-hydrogen) atoms. The molecule has 0 fully saturated rings. The molecule has 1 aromatic rings. The monoisotopic (exact) mass is 253 g/mol. The maximum absolute atomic E-state index is 10.4. The molecule has 0 aromatic heterocycles. The molecule has 0 aliphatic rings. The normalized spacial score (nSPS) is 12.2. The Kier molecular flexibility index (Phi) is 5.61. The van der Waals surface area contributed by atoms with E-state index < -0.39 is 12.0 Å². The Morgan fingerprint density at radius 2 is 2.22 bits per heavy atom. The average Bonchev–Trinajstić information content (AvgIpc) is 2.31. The Morgan fingerprint density at radius 1 is 1.50 bits per heavy atom. The summed E-state index contributed by atoms with van der Waals surface area (Å²) in [5.41, 5.74) is 7.89. The maximum Gasteiger partial charge on any atom is 0.329 e. The fourth-order valence-electron chi connectivity index (χ4n) is 1.61. The Labute approximate surface area is 107 Å². The number of carboxylic acids is 1. The zero-order valence-corrected chi connectivity index (χ0v) is 10.7. The van der Waals surface area contributed by atoms with Crippen molar-refractivity contribution in [2.75, 3.05) is 19.8 Å². The average molecular weight is 253 g/mol. The summed E-state index contributed by atoms with van der Waals surface area (Å²) in [7, 11) is 0. The van der Waals surface area contributed by atoms with Crippen molar-refractivity contribution in [1.29, 1.82) is 0 Å². The van der Waals surface area contributed by atoms with Gasteiger partial charge in [-0.1, -0.05) is 17.7 Å². The van der Waals surface area contributed by atoms with E-state index in [-0.39, 0.29) is 13.2 Å². The quantitative estimate of drug-likeness (QED) is 0.769. The fraction of sp³-hybridized carbons (Fsp3) is 0.462. The van der Waals surface area contributed by atoms with E-state index in [0.29, 0.717) is 6.61 Å². The Morgan fingerprint density at radius 3 is 2.83 bits per heavy atom. The summed E-state index contributed by atoms with van der Waals surface area (Å²) in [5.74, 6) is -0.286. The van der Waals surface area contributed by atoms with Gasteiger partial charge in [0.2, 0.25) is 0 Å². The van der Waals surface area contributed by atoms with Gasteiger partial charge in [-0.15, -0.1) is 0 Å². The molecule has 100 valence electrons. The Hall–Kier alpha value is -1.59. The number of carbonyl (C=O) groups is 1. The van der Waals surface area contributed by atoms with Crippen LogP contribution in [0.15, 0.2) is 18.2 Å². The van der Waals surface area contributed by atoms with Gasteiger partial charge in [0.25, 0.3) is 0 Å². The predicted octanol–water partition coefficient (Wildman–Crippen LogP) is 1.49. The van der Waals surface area contributed by atoms with Gasteiger partial charge < -0.3 is 20.3 Å². The molecule has 5 nitrogen and oxygen atoms in total. The maximum atomic E-state index is 10.4. The van der Waals surface area contributed by atoms with Crippen molar-refractivity contribution in [3.8, 4) is 5.75 Å². The number of ether oxygens (including phenoxy) is 2. The number of hydrogen-bond donors (Lipinski definition) is 2. The van der Waals surface area contributed by atoms with E-state index in [4.69, 9.17) is 20.3 Å². The zero-order chi connectivity index (χ0) is 13.5. The van der Waals surface area contributed by atoms with Crippen LogP contribution in [0.1, 0.15) is 24.1 Å². The van der Waals surface area contributed by atoms with Crippen molar-refractivity contribution >= 4 is 5.97 Å². The fourth-order valence-corrected chi connectivity index (χ4v) is 1.61. The van der Waals surface area contributed by atoms with Crippen LogP contribution >= 0.6 is 0 Å². The zero-order valence-electron chi connectivity index (χ0n) is 10.7. The highest BCUT2D eigenvalue weighted by Crippen LogP contribution is 2.25. The van der Waals surface area contributed by atoms with E-state index in [0.717, 1.165) is 16.9 Å². The van der Waals surface area contributed by atoms with Crippen LogP contribution in [0.2, 0.25) is 0 Å². The number of benzene rings is 1. The van der Waals surface area contributed by atoms with Crippen LogP contribution < -0.4 is 10.5 Å². The molecule has 0 amide bonds. The first kappa shape index (κ1) is 14.5. The van der Waals surface area contributed by atoms with Crippen LogP contribution in [0.5, 0.6) is 5.75 Å². The van der Waals surface area contributed by atoms with Gasteiger partial charge in [0.15, 0.2) is 0 Å². The van der Waals surface area contributed by atoms with Crippen molar-refractivity contribution < 1.29 is 19.4 Å². The van der Waals surface area contributed by atoms with Gasteiger partial charge in [-0.2, -0.15) is 0 Å². The van der Waals surface area contributed by atoms with E-state index in [9.17, 15) is 4.79 Å². The summed E-state index contributed by atoms with van der Waals surface area (Å²) in [6.07, 6.45) is 0. The number of aliphatic carboxylic acids is 1. The van der Waals surface area contributed by atoms with Gasteiger partial charge in [0, 0.05) is 5.56 Å². The summed E-state index contributed by atoms with van der Waals surface area (Å²) in [6, 6.07) is 5.34. The van der Waals surface area contributed by atoms with E-state index >= 15 is 0 Å². The van der Waals surface area contributed by atoms with Crippen molar-refractivity contribution in [1.82, 2.24) is 0 Å². The van der Waals surface area contributed by atoms with Crippen LogP contribution in [0.3, 0.4) is 0 Å². The van der Waals surface area contributed by atoms with Gasteiger partial charge >= 0.3 is 5.97 Å². The molecule has 1 rings (SSSR count). The SMILES string of the molecule is CCOc1ccc(C)cc1C(N)COCC(=O)O. The summed E-state index contributed by atoms with van der Waals surface area (Å²) in [6.45, 7) is 4.22. The Balaban J connectivity index is 2.72. The summed E-state index contributed by atoms with van der Waals surface area (Å²) >= 11 is 0. The number of hydrogen-bond acceptors (Lipinski definition) is 4. The number of carboxylic acid groups (broad SMARTS) is 1. The molecule has 1 aromatic carbocycles. The molecule has 0 aliphatic carbocycles. The first-order valence-electron chi connectivity index (χ1n) is 5.83. The van der Waals surface area contributed by atoms with Crippen LogP contribution in [0, 0.1) is 6.92 Å². The highest BCUT2D eigenvalue weighted by Gasteiger charge is 2.13. The van der Waals surface area contributed by atoms with Crippen molar-refractivity contribution in [2.45, 2.75) is 19.9 Å². The lowest BCUT2D eigenvalue weighted by atomic mass is 10.0. The minimum Gasteiger partial charge on any atom is -0.494 e. The first-order chi connectivity index (χ1) is 8.54. The molecular weight excluding hydrogens is 234 g/mol. The topological polar surface area (TPSA) is 81.8 Å². The molecule has 5 heteroatoms. The van der Waals surface area contributed by atoms with Gasteiger partial charge in [-0.3, -0.25) is 0 Å². The third kappa shape index (κ3) is 4.35. The van der Waals surface area contributed by atoms with Gasteiger partial charge in [-0.25, -0.2) is 4.79 Å². The van der Waals surface area contributed by atoms with Crippen LogP contribution in [0.4, 0.5) is 0 Å². The highest BCUT2D eigenvalue weighted by molar-refractivity contribution is 5.68. The van der Waals surface area contributed by atoms with Gasteiger partial charge in [0.1, 0.15) is 12.4 Å². The lowest BCUT2D eigenvalue weighted by Gasteiger charge is -2.17. The first-order valence-corrected chi connectivity index (χ1v) is 5.83. The van der Waals surface area contributed by atoms with E-state index in [1.807, 2.05) is 32.0 Å². The van der Waals surface area contributed by atoms with Gasteiger partial charge in [0.05, 0.1) is 19.3 Å². The lowest BCUT2D eigenvalue weighted by molar-refractivity contribution is -0.142. The molecule has 0 saturated carbocycles. The van der Waals surface area contributed by atoms with Crippen molar-refractivity contribution in [3.63, 3.8) is 0 Å². The standard InChI is InChI=1S/C13H19NO4/c1-3-18-12-5-4-9(2)6-10(12)11(14)7-17-8-13(15)16/h4-6,11H,3,7-8,14H2,1-2H3,(H,15,16). The third-order valence-corrected chi connectivity index (χ3v) is 2.39. The van der Waals surface area contributed by atoms with E-state index in [1.54, 1.807) is 0 Å². The minimum atomic E-state index is -1.00. The van der Waals surface area contributed by atoms with Crippen molar-refractivity contribution in [3.05, 3.63) is 29.3 Å². The summed E-state index contributed by atoms with van der Waals surface area (Å²) < 4.78 is 10.5. The van der Waals surface area contributed by atoms with Gasteiger partial charge in [-0.05, 0) is 19.9 Å². The van der Waals surface area contributed by atoms with Crippen LogP contribution in [-0.2, 0) is 9.53 Å². The molecular formula is C13H19NO4. The molecule has 0 saturated heterocycles. The number of rotatable bonds is 7. The minimum absolute atomic E-state index is 0.149. The molecule has 0 radical (unpaired) electrons. The number of aryl methyl sites for hydroxylation is 1. The molecule has 1 unspecified atom stereocenters. The second kappa shape index (κ2) is 6.98. The Bertz CT molecular complexity index is 406. The number of nitrogens with two attached hydrogens (primary N) is 1. The molecule has 0 bridgehead atoms. The molecule has 0 aliphatic heterocycles. The second-order valence-corrected chi connectivity index (χ2v) is 3.99. The van der Waals surface area contributed by atoms with Crippen molar-refractivity contribution in [2.24, 2.45) is 5.73 Å². The van der Waals surface area contributed by atoms with Crippen LogP contribution in [0.25, 0.3) is 0 Å². The summed E-state index contributed by atoms with van der Waals surface area (Å²) in [4.78, 5) is 10.4. The van der Waals surface area contributed by atoms with E-state index in [1.165, 1.54) is 0 Å². The molecule has 3 N–H and O–H groups in total. The third-order valence-electron chi connectivity index (χ3n) is 2.39. The molecule has 1 atom stereocenters.